The van der Waals surface area contributed by atoms with Crippen LogP contribution in [0.4, 0.5) is 5.69 Å². The van der Waals surface area contributed by atoms with Gasteiger partial charge in [0.1, 0.15) is 5.75 Å². The average Bonchev–Trinajstić information content (AvgIpc) is 2.47. The summed E-state index contributed by atoms with van der Waals surface area (Å²) < 4.78 is 5.35. The number of anilines is 1. The fraction of sp³-hybridized carbons (Fsp3) is 0.188. The van der Waals surface area contributed by atoms with Gasteiger partial charge in [-0.2, -0.15) is 0 Å². The van der Waals surface area contributed by atoms with Gasteiger partial charge in [-0.3, -0.25) is 0 Å². The van der Waals surface area contributed by atoms with E-state index in [2.05, 4.69) is 5.32 Å². The lowest BCUT2D eigenvalue weighted by Crippen LogP contribution is -2.20. The van der Waals surface area contributed by atoms with Crippen LogP contribution in [0.5, 0.6) is 5.75 Å². The summed E-state index contributed by atoms with van der Waals surface area (Å²) in [5, 5.41) is 12.4. The SMILES string of the molecule is CCOc1ccc(C(Nc2ccccc2)C(=O)O)cc1. The van der Waals surface area contributed by atoms with Crippen molar-refractivity contribution in [3.8, 4) is 5.75 Å². The second kappa shape index (κ2) is 6.61. The van der Waals surface area contributed by atoms with Crippen molar-refractivity contribution in [2.24, 2.45) is 0 Å². The highest BCUT2D eigenvalue weighted by Gasteiger charge is 2.19. The van der Waals surface area contributed by atoms with Crippen LogP contribution in [-0.4, -0.2) is 17.7 Å². The maximum atomic E-state index is 11.4. The molecule has 0 amide bonds. The monoisotopic (exact) mass is 271 g/mol. The van der Waals surface area contributed by atoms with Crippen LogP contribution in [0.3, 0.4) is 0 Å². The molecule has 2 aromatic rings. The Balaban J connectivity index is 2.18. The smallest absolute Gasteiger partial charge is 0.330 e. The molecule has 2 rings (SSSR count). The summed E-state index contributed by atoms with van der Waals surface area (Å²) in [4.78, 5) is 11.4. The van der Waals surface area contributed by atoms with E-state index in [0.29, 0.717) is 12.2 Å². The Bertz CT molecular complexity index is 552. The Morgan fingerprint density at radius 1 is 1.15 bits per heavy atom. The first kappa shape index (κ1) is 13.9. The van der Waals surface area contributed by atoms with Crippen LogP contribution in [-0.2, 0) is 4.79 Å². The highest BCUT2D eigenvalue weighted by Crippen LogP contribution is 2.22. The van der Waals surface area contributed by atoms with Crippen molar-refractivity contribution in [3.05, 3.63) is 60.2 Å². The predicted molar refractivity (Wildman–Crippen MR) is 78.1 cm³/mol. The number of rotatable bonds is 6. The highest BCUT2D eigenvalue weighted by atomic mass is 16.5. The molecule has 0 spiro atoms. The quantitative estimate of drug-likeness (QED) is 0.846. The largest absolute Gasteiger partial charge is 0.494 e. The van der Waals surface area contributed by atoms with E-state index < -0.39 is 12.0 Å². The molecule has 4 nitrogen and oxygen atoms in total. The van der Waals surface area contributed by atoms with Crippen molar-refractivity contribution in [3.63, 3.8) is 0 Å². The second-order valence-corrected chi connectivity index (χ2v) is 4.28. The van der Waals surface area contributed by atoms with E-state index in [-0.39, 0.29) is 0 Å². The second-order valence-electron chi connectivity index (χ2n) is 4.28. The molecule has 0 radical (unpaired) electrons. The van der Waals surface area contributed by atoms with Gasteiger partial charge in [-0.05, 0) is 36.8 Å². The zero-order chi connectivity index (χ0) is 14.4. The third-order valence-corrected chi connectivity index (χ3v) is 2.86. The van der Waals surface area contributed by atoms with Gasteiger partial charge in [0.2, 0.25) is 0 Å². The van der Waals surface area contributed by atoms with Crippen LogP contribution in [0.15, 0.2) is 54.6 Å². The highest BCUT2D eigenvalue weighted by molar-refractivity contribution is 5.79. The van der Waals surface area contributed by atoms with Crippen molar-refractivity contribution >= 4 is 11.7 Å². The molecule has 0 fully saturated rings. The number of carbonyl (C=O) groups is 1. The number of nitrogens with one attached hydrogen (secondary N) is 1. The van der Waals surface area contributed by atoms with Crippen molar-refractivity contribution < 1.29 is 14.6 Å². The van der Waals surface area contributed by atoms with Crippen LogP contribution in [0.1, 0.15) is 18.5 Å². The Labute approximate surface area is 118 Å². The summed E-state index contributed by atoms with van der Waals surface area (Å²) in [6.45, 7) is 2.49. The molecule has 0 aliphatic rings. The third-order valence-electron chi connectivity index (χ3n) is 2.86. The molecule has 0 aromatic heterocycles. The van der Waals surface area contributed by atoms with Crippen LogP contribution in [0.2, 0.25) is 0 Å². The Morgan fingerprint density at radius 2 is 1.80 bits per heavy atom. The summed E-state index contributed by atoms with van der Waals surface area (Å²) in [7, 11) is 0. The molecule has 0 heterocycles. The number of para-hydroxylation sites is 1. The molecule has 0 saturated heterocycles. The lowest BCUT2D eigenvalue weighted by molar-refractivity contribution is -0.138. The summed E-state index contributed by atoms with van der Waals surface area (Å²) in [5.41, 5.74) is 1.46. The van der Waals surface area contributed by atoms with Crippen molar-refractivity contribution in [2.45, 2.75) is 13.0 Å². The summed E-state index contributed by atoms with van der Waals surface area (Å²) in [5.74, 6) is -0.182. The van der Waals surface area contributed by atoms with E-state index in [1.54, 1.807) is 24.3 Å². The minimum atomic E-state index is -0.919. The number of benzene rings is 2. The van der Waals surface area contributed by atoms with Crippen molar-refractivity contribution in [1.82, 2.24) is 0 Å². The van der Waals surface area contributed by atoms with Crippen LogP contribution in [0, 0.1) is 0 Å². The molecular weight excluding hydrogens is 254 g/mol. The maximum absolute atomic E-state index is 11.4. The molecule has 20 heavy (non-hydrogen) atoms. The number of ether oxygens (including phenoxy) is 1. The molecule has 104 valence electrons. The van der Waals surface area contributed by atoms with Crippen molar-refractivity contribution in [1.29, 1.82) is 0 Å². The maximum Gasteiger partial charge on any atom is 0.330 e. The molecule has 2 N–H and O–H groups in total. The summed E-state index contributed by atoms with van der Waals surface area (Å²) in [6.07, 6.45) is 0. The lowest BCUT2D eigenvalue weighted by atomic mass is 10.1. The zero-order valence-electron chi connectivity index (χ0n) is 11.2. The predicted octanol–water partition coefficient (Wildman–Crippen LogP) is 3.32. The van der Waals surface area contributed by atoms with Gasteiger partial charge in [0, 0.05) is 5.69 Å². The number of carboxylic acid groups (broad SMARTS) is 1. The normalized spacial score (nSPS) is 11.7. The molecular formula is C16H17NO3. The number of carboxylic acids is 1. The number of aliphatic carboxylic acids is 1. The van der Waals surface area contributed by atoms with E-state index in [4.69, 9.17) is 4.74 Å². The first-order valence-corrected chi connectivity index (χ1v) is 6.48. The molecule has 2 aromatic carbocycles. The third kappa shape index (κ3) is 3.51. The molecule has 4 heteroatoms. The van der Waals surface area contributed by atoms with Gasteiger partial charge in [0.15, 0.2) is 6.04 Å². The van der Waals surface area contributed by atoms with Gasteiger partial charge in [-0.25, -0.2) is 4.79 Å². The van der Waals surface area contributed by atoms with Gasteiger partial charge in [-0.1, -0.05) is 30.3 Å². The Morgan fingerprint density at radius 3 is 2.35 bits per heavy atom. The van der Waals surface area contributed by atoms with Gasteiger partial charge in [0.25, 0.3) is 0 Å². The van der Waals surface area contributed by atoms with Crippen LogP contribution >= 0.6 is 0 Å². The topological polar surface area (TPSA) is 58.6 Å². The Hall–Kier alpha value is -2.49. The van der Waals surface area contributed by atoms with Crippen LogP contribution in [0.25, 0.3) is 0 Å². The van der Waals surface area contributed by atoms with E-state index in [1.165, 1.54) is 0 Å². The standard InChI is InChI=1S/C16H17NO3/c1-2-20-14-10-8-12(9-11-14)15(16(18)19)17-13-6-4-3-5-7-13/h3-11,15,17H,2H2,1H3,(H,18,19). The first-order chi connectivity index (χ1) is 9.70. The van der Waals surface area contributed by atoms with Crippen LogP contribution < -0.4 is 10.1 Å². The van der Waals surface area contributed by atoms with E-state index >= 15 is 0 Å². The van der Waals surface area contributed by atoms with Gasteiger partial charge < -0.3 is 15.2 Å². The fourth-order valence-electron chi connectivity index (χ4n) is 1.91. The van der Waals surface area contributed by atoms with Gasteiger partial charge in [0.05, 0.1) is 6.61 Å². The first-order valence-electron chi connectivity index (χ1n) is 6.48. The lowest BCUT2D eigenvalue weighted by Gasteiger charge is -2.16. The summed E-state index contributed by atoms with van der Waals surface area (Å²) in [6, 6.07) is 15.6. The molecule has 0 saturated carbocycles. The molecule has 0 aliphatic heterocycles. The van der Waals surface area contributed by atoms with E-state index in [1.807, 2.05) is 37.3 Å². The van der Waals surface area contributed by atoms with E-state index in [0.717, 1.165) is 11.4 Å². The zero-order valence-corrected chi connectivity index (χ0v) is 11.2. The van der Waals surface area contributed by atoms with E-state index in [9.17, 15) is 9.90 Å². The number of hydrogen-bond donors (Lipinski definition) is 2. The minimum absolute atomic E-state index is 0.587. The van der Waals surface area contributed by atoms with Gasteiger partial charge in [-0.15, -0.1) is 0 Å². The summed E-state index contributed by atoms with van der Waals surface area (Å²) >= 11 is 0. The van der Waals surface area contributed by atoms with Crippen molar-refractivity contribution in [2.75, 3.05) is 11.9 Å². The van der Waals surface area contributed by atoms with Gasteiger partial charge >= 0.3 is 5.97 Å². The molecule has 1 atom stereocenters. The molecule has 1 unspecified atom stereocenters. The molecule has 0 aliphatic carbocycles. The molecule has 0 bridgehead atoms. The number of hydrogen-bond acceptors (Lipinski definition) is 3. The average molecular weight is 271 g/mol. The fourth-order valence-corrected chi connectivity index (χ4v) is 1.91. The minimum Gasteiger partial charge on any atom is -0.494 e. The Kier molecular flexibility index (Phi) is 4.60.